The molecule has 0 bridgehead atoms. The maximum Gasteiger partial charge on any atom is 0.240 e. The van der Waals surface area contributed by atoms with Gasteiger partial charge in [0.2, 0.25) is 15.9 Å². The minimum atomic E-state index is -3.61. The van der Waals surface area contributed by atoms with Crippen LogP contribution < -0.4 is 14.4 Å². The van der Waals surface area contributed by atoms with Crippen LogP contribution in [0, 0.1) is 0 Å². The SMILES string of the molecule is CCOc1ccccc1N(CC(=O)NCCSC1CCCC1)S(C)(=O)=O. The Hall–Kier alpha value is -1.41. The number of anilines is 1. The van der Waals surface area contributed by atoms with Crippen molar-refractivity contribution in [3.8, 4) is 5.75 Å². The molecule has 0 atom stereocenters. The number of hydrogen-bond acceptors (Lipinski definition) is 5. The van der Waals surface area contributed by atoms with E-state index >= 15 is 0 Å². The van der Waals surface area contributed by atoms with Crippen LogP contribution in [0.1, 0.15) is 32.6 Å². The van der Waals surface area contributed by atoms with E-state index in [0.29, 0.717) is 29.8 Å². The standard InChI is InChI=1S/C18H28N2O4S2/c1-3-24-17-11-7-6-10-16(17)20(26(2,22)23)14-18(21)19-12-13-25-15-8-4-5-9-15/h6-7,10-11,15H,3-5,8-9,12-14H2,1-2H3,(H,19,21). The quantitative estimate of drug-likeness (QED) is 0.611. The third kappa shape index (κ3) is 6.39. The molecule has 1 fully saturated rings. The Morgan fingerprint density at radius 2 is 2.00 bits per heavy atom. The largest absolute Gasteiger partial charge is 0.492 e. The molecule has 1 saturated carbocycles. The molecular formula is C18H28N2O4S2. The van der Waals surface area contributed by atoms with E-state index in [9.17, 15) is 13.2 Å². The molecule has 0 heterocycles. The maximum atomic E-state index is 12.3. The number of sulfonamides is 1. The number of carbonyl (C=O) groups excluding carboxylic acids is 1. The van der Waals surface area contributed by atoms with Gasteiger partial charge in [-0.25, -0.2) is 8.42 Å². The molecule has 1 aliphatic carbocycles. The van der Waals surface area contributed by atoms with Gasteiger partial charge in [-0.2, -0.15) is 11.8 Å². The molecule has 6 nitrogen and oxygen atoms in total. The fourth-order valence-electron chi connectivity index (χ4n) is 2.98. The molecule has 0 saturated heterocycles. The summed E-state index contributed by atoms with van der Waals surface area (Å²) >= 11 is 1.89. The van der Waals surface area contributed by atoms with Crippen LogP contribution in [0.2, 0.25) is 0 Å². The Morgan fingerprint density at radius 3 is 2.65 bits per heavy atom. The summed E-state index contributed by atoms with van der Waals surface area (Å²) < 4.78 is 31.0. The first-order valence-electron chi connectivity index (χ1n) is 8.99. The molecule has 0 radical (unpaired) electrons. The van der Waals surface area contributed by atoms with Crippen LogP contribution in [0.4, 0.5) is 5.69 Å². The molecule has 0 unspecified atom stereocenters. The summed E-state index contributed by atoms with van der Waals surface area (Å²) in [4.78, 5) is 12.3. The normalized spacial score (nSPS) is 15.0. The lowest BCUT2D eigenvalue weighted by atomic mass is 10.3. The van der Waals surface area contributed by atoms with Crippen molar-refractivity contribution in [1.82, 2.24) is 5.32 Å². The molecule has 26 heavy (non-hydrogen) atoms. The van der Waals surface area contributed by atoms with E-state index in [1.807, 2.05) is 18.7 Å². The maximum absolute atomic E-state index is 12.3. The summed E-state index contributed by atoms with van der Waals surface area (Å²) in [6.07, 6.45) is 6.21. The molecule has 1 aromatic rings. The second kappa shape index (κ2) is 10.1. The number of thioether (sulfide) groups is 1. The number of carbonyl (C=O) groups is 1. The number of benzene rings is 1. The zero-order valence-corrected chi connectivity index (χ0v) is 17.1. The zero-order chi connectivity index (χ0) is 19.0. The number of rotatable bonds is 10. The van der Waals surface area contributed by atoms with Crippen molar-refractivity contribution in [3.05, 3.63) is 24.3 Å². The van der Waals surface area contributed by atoms with Crippen molar-refractivity contribution in [2.75, 3.05) is 36.0 Å². The second-order valence-corrected chi connectivity index (χ2v) is 9.61. The molecule has 1 amide bonds. The van der Waals surface area contributed by atoms with Crippen molar-refractivity contribution in [1.29, 1.82) is 0 Å². The molecule has 1 aromatic carbocycles. The van der Waals surface area contributed by atoms with Gasteiger partial charge in [-0.1, -0.05) is 25.0 Å². The molecule has 0 spiro atoms. The third-order valence-corrected chi connectivity index (χ3v) is 6.71. The van der Waals surface area contributed by atoms with Crippen molar-refractivity contribution < 1.29 is 17.9 Å². The van der Waals surface area contributed by atoms with Gasteiger partial charge in [0.25, 0.3) is 0 Å². The summed E-state index contributed by atoms with van der Waals surface area (Å²) in [6.45, 7) is 2.54. The topological polar surface area (TPSA) is 75.7 Å². The Kier molecular flexibility index (Phi) is 8.09. The highest BCUT2D eigenvalue weighted by molar-refractivity contribution is 7.99. The Morgan fingerprint density at radius 1 is 1.31 bits per heavy atom. The molecule has 0 aromatic heterocycles. The van der Waals surface area contributed by atoms with Crippen LogP contribution in [0.5, 0.6) is 5.75 Å². The number of para-hydroxylation sites is 2. The van der Waals surface area contributed by atoms with Crippen molar-refractivity contribution >= 4 is 33.4 Å². The van der Waals surface area contributed by atoms with Gasteiger partial charge in [-0.05, 0) is 31.9 Å². The van der Waals surface area contributed by atoms with E-state index in [4.69, 9.17) is 4.74 Å². The predicted molar refractivity (Wildman–Crippen MR) is 108 cm³/mol. The van der Waals surface area contributed by atoms with Crippen LogP contribution in [-0.4, -0.2) is 51.3 Å². The van der Waals surface area contributed by atoms with Crippen LogP contribution in [0.15, 0.2) is 24.3 Å². The van der Waals surface area contributed by atoms with E-state index < -0.39 is 10.0 Å². The fraction of sp³-hybridized carbons (Fsp3) is 0.611. The van der Waals surface area contributed by atoms with E-state index in [-0.39, 0.29) is 12.5 Å². The zero-order valence-electron chi connectivity index (χ0n) is 15.4. The molecule has 0 aliphatic heterocycles. The lowest BCUT2D eigenvalue weighted by molar-refractivity contribution is -0.119. The van der Waals surface area contributed by atoms with Crippen LogP contribution in [0.25, 0.3) is 0 Å². The summed E-state index contributed by atoms with van der Waals surface area (Å²) in [5.74, 6) is 0.990. The predicted octanol–water partition coefficient (Wildman–Crippen LogP) is 2.64. The molecular weight excluding hydrogens is 372 g/mol. The van der Waals surface area contributed by atoms with Gasteiger partial charge in [0.1, 0.15) is 12.3 Å². The monoisotopic (exact) mass is 400 g/mol. The summed E-state index contributed by atoms with van der Waals surface area (Å²) in [5, 5.41) is 3.53. The van der Waals surface area contributed by atoms with Gasteiger partial charge in [0.15, 0.2) is 0 Å². The molecule has 1 aliphatic rings. The van der Waals surface area contributed by atoms with Crippen molar-refractivity contribution in [2.45, 2.75) is 37.9 Å². The van der Waals surface area contributed by atoms with Gasteiger partial charge in [-0.15, -0.1) is 0 Å². The van der Waals surface area contributed by atoms with Crippen LogP contribution in [-0.2, 0) is 14.8 Å². The van der Waals surface area contributed by atoms with Gasteiger partial charge in [0.05, 0.1) is 18.6 Å². The second-order valence-electron chi connectivity index (χ2n) is 6.30. The van der Waals surface area contributed by atoms with Crippen molar-refractivity contribution in [3.63, 3.8) is 0 Å². The number of hydrogen-bond donors (Lipinski definition) is 1. The molecule has 2 rings (SSSR count). The minimum Gasteiger partial charge on any atom is -0.492 e. The number of nitrogens with one attached hydrogen (secondary N) is 1. The summed E-state index contributed by atoms with van der Waals surface area (Å²) in [7, 11) is -3.61. The van der Waals surface area contributed by atoms with Crippen LogP contribution in [0.3, 0.4) is 0 Å². The first-order valence-corrected chi connectivity index (χ1v) is 11.9. The average molecular weight is 401 g/mol. The minimum absolute atomic E-state index is 0.253. The van der Waals surface area contributed by atoms with Crippen molar-refractivity contribution in [2.24, 2.45) is 0 Å². The van der Waals surface area contributed by atoms with Crippen LogP contribution >= 0.6 is 11.8 Å². The van der Waals surface area contributed by atoms with Gasteiger partial charge >= 0.3 is 0 Å². The highest BCUT2D eigenvalue weighted by Gasteiger charge is 2.23. The highest BCUT2D eigenvalue weighted by Crippen LogP contribution is 2.30. The molecule has 8 heteroatoms. The van der Waals surface area contributed by atoms with E-state index in [1.54, 1.807) is 24.3 Å². The van der Waals surface area contributed by atoms with Gasteiger partial charge < -0.3 is 10.1 Å². The fourth-order valence-corrected chi connectivity index (χ4v) is 5.06. The van der Waals surface area contributed by atoms with E-state index in [0.717, 1.165) is 16.3 Å². The number of ether oxygens (including phenoxy) is 1. The van der Waals surface area contributed by atoms with E-state index in [1.165, 1.54) is 25.7 Å². The average Bonchev–Trinajstić information content (AvgIpc) is 3.10. The van der Waals surface area contributed by atoms with Gasteiger partial charge in [-0.3, -0.25) is 9.10 Å². The highest BCUT2D eigenvalue weighted by atomic mass is 32.2. The Bertz CT molecular complexity index is 688. The first-order chi connectivity index (χ1) is 12.4. The lowest BCUT2D eigenvalue weighted by Crippen LogP contribution is -2.41. The lowest BCUT2D eigenvalue weighted by Gasteiger charge is -2.24. The Balaban J connectivity index is 1.94. The molecule has 1 N–H and O–H groups in total. The smallest absolute Gasteiger partial charge is 0.240 e. The Labute approximate surface area is 160 Å². The summed E-state index contributed by atoms with van der Waals surface area (Å²) in [5.41, 5.74) is 0.382. The third-order valence-electron chi connectivity index (χ3n) is 4.20. The summed E-state index contributed by atoms with van der Waals surface area (Å²) in [6, 6.07) is 6.85. The number of nitrogens with zero attached hydrogens (tertiary/aromatic N) is 1. The van der Waals surface area contributed by atoms with Gasteiger partial charge in [0, 0.05) is 17.5 Å². The first kappa shape index (κ1) is 20.9. The van der Waals surface area contributed by atoms with E-state index in [2.05, 4.69) is 5.32 Å². The molecule has 146 valence electrons. The number of amides is 1.